The molecular weight excluding hydrogens is 262 g/mol. The third kappa shape index (κ3) is 2.28. The standard InChI is InChI=1S/C13H13N3O4/c1-13(12(17)18)4-5-15(8-13)11-3-2-10(16(19)20)6-9(11)7-14/h2-3,6H,4-5,8H2,1H3,(H,17,18). The number of nitriles is 1. The summed E-state index contributed by atoms with van der Waals surface area (Å²) in [6, 6.07) is 5.98. The van der Waals surface area contributed by atoms with Crippen molar-refractivity contribution in [1.29, 1.82) is 5.26 Å². The van der Waals surface area contributed by atoms with Gasteiger partial charge in [0.1, 0.15) is 6.07 Å². The molecule has 7 heteroatoms. The summed E-state index contributed by atoms with van der Waals surface area (Å²) in [4.78, 5) is 23.1. The second kappa shape index (κ2) is 4.81. The molecule has 1 fully saturated rings. The van der Waals surface area contributed by atoms with Gasteiger partial charge >= 0.3 is 5.97 Å². The van der Waals surface area contributed by atoms with E-state index in [2.05, 4.69) is 0 Å². The van der Waals surface area contributed by atoms with E-state index in [1.807, 2.05) is 6.07 Å². The molecule has 1 aliphatic rings. The van der Waals surface area contributed by atoms with E-state index in [0.717, 1.165) is 0 Å². The van der Waals surface area contributed by atoms with Crippen LogP contribution < -0.4 is 4.90 Å². The van der Waals surface area contributed by atoms with Crippen molar-refractivity contribution in [3.8, 4) is 6.07 Å². The number of nitro benzene ring substituents is 1. The fourth-order valence-electron chi connectivity index (χ4n) is 2.34. The molecule has 0 aromatic heterocycles. The van der Waals surface area contributed by atoms with Crippen LogP contribution >= 0.6 is 0 Å². The minimum Gasteiger partial charge on any atom is -0.481 e. The topological polar surface area (TPSA) is 107 Å². The number of anilines is 1. The molecule has 0 spiro atoms. The monoisotopic (exact) mass is 275 g/mol. The molecule has 0 aliphatic carbocycles. The zero-order chi connectivity index (χ0) is 14.9. The summed E-state index contributed by atoms with van der Waals surface area (Å²) in [5.74, 6) is -0.875. The van der Waals surface area contributed by atoms with Gasteiger partial charge in [0.25, 0.3) is 5.69 Å². The van der Waals surface area contributed by atoms with Gasteiger partial charge in [-0.3, -0.25) is 14.9 Å². The highest BCUT2D eigenvalue weighted by molar-refractivity contribution is 5.77. The first kappa shape index (κ1) is 13.8. The number of carbonyl (C=O) groups is 1. The Morgan fingerprint density at radius 1 is 1.60 bits per heavy atom. The summed E-state index contributed by atoms with van der Waals surface area (Å²) in [6.45, 7) is 2.46. The van der Waals surface area contributed by atoms with E-state index in [-0.39, 0.29) is 17.8 Å². The normalized spacial score (nSPS) is 21.5. The van der Waals surface area contributed by atoms with E-state index in [4.69, 9.17) is 5.26 Å². The maximum Gasteiger partial charge on any atom is 0.311 e. The van der Waals surface area contributed by atoms with Crippen LogP contribution in [0.15, 0.2) is 18.2 Å². The molecular formula is C13H13N3O4. The van der Waals surface area contributed by atoms with Crippen LogP contribution in [0.3, 0.4) is 0 Å². The molecule has 0 radical (unpaired) electrons. The van der Waals surface area contributed by atoms with E-state index in [9.17, 15) is 20.0 Å². The lowest BCUT2D eigenvalue weighted by molar-refractivity contribution is -0.384. The summed E-state index contributed by atoms with van der Waals surface area (Å²) >= 11 is 0. The van der Waals surface area contributed by atoms with Crippen LogP contribution in [0.2, 0.25) is 0 Å². The first-order valence-corrected chi connectivity index (χ1v) is 6.04. The van der Waals surface area contributed by atoms with Gasteiger partial charge in [0, 0.05) is 25.2 Å². The van der Waals surface area contributed by atoms with Crippen LogP contribution in [-0.4, -0.2) is 29.1 Å². The van der Waals surface area contributed by atoms with E-state index >= 15 is 0 Å². The number of hydrogen-bond donors (Lipinski definition) is 1. The molecule has 1 aromatic rings. The molecule has 2 rings (SSSR count). The second-order valence-electron chi connectivity index (χ2n) is 5.11. The predicted molar refractivity (Wildman–Crippen MR) is 70.4 cm³/mol. The van der Waals surface area contributed by atoms with Crippen LogP contribution in [0.5, 0.6) is 0 Å². The molecule has 104 valence electrons. The van der Waals surface area contributed by atoms with Crippen LogP contribution in [0, 0.1) is 26.9 Å². The Bertz CT molecular complexity index is 623. The lowest BCUT2D eigenvalue weighted by atomic mass is 9.90. The van der Waals surface area contributed by atoms with Crippen molar-refractivity contribution < 1.29 is 14.8 Å². The maximum atomic E-state index is 11.2. The smallest absolute Gasteiger partial charge is 0.311 e. The average Bonchev–Trinajstić information content (AvgIpc) is 2.82. The van der Waals surface area contributed by atoms with Crippen molar-refractivity contribution in [3.63, 3.8) is 0 Å². The molecule has 1 N–H and O–H groups in total. The zero-order valence-corrected chi connectivity index (χ0v) is 10.9. The Kier molecular flexibility index (Phi) is 3.32. The van der Waals surface area contributed by atoms with Gasteiger partial charge in [-0.05, 0) is 19.4 Å². The maximum absolute atomic E-state index is 11.2. The minimum absolute atomic E-state index is 0.148. The van der Waals surface area contributed by atoms with E-state index < -0.39 is 16.3 Å². The molecule has 1 heterocycles. The van der Waals surface area contributed by atoms with Gasteiger partial charge < -0.3 is 10.0 Å². The molecule has 1 saturated heterocycles. The Balaban J connectivity index is 2.34. The molecule has 1 atom stereocenters. The average molecular weight is 275 g/mol. The SMILES string of the molecule is CC1(C(=O)O)CCN(c2ccc([N+](=O)[O-])cc2C#N)C1. The number of hydrogen-bond acceptors (Lipinski definition) is 5. The van der Waals surface area contributed by atoms with Crippen molar-refractivity contribution in [1.82, 2.24) is 0 Å². The second-order valence-corrected chi connectivity index (χ2v) is 5.11. The van der Waals surface area contributed by atoms with Crippen molar-refractivity contribution >= 4 is 17.3 Å². The third-order valence-corrected chi connectivity index (χ3v) is 3.64. The number of nitro groups is 1. The lowest BCUT2D eigenvalue weighted by Crippen LogP contribution is -2.31. The Labute approximate surface area is 115 Å². The number of benzene rings is 1. The summed E-state index contributed by atoms with van der Waals surface area (Å²) in [5.41, 5.74) is -0.267. The van der Waals surface area contributed by atoms with Crippen LogP contribution in [0.25, 0.3) is 0 Å². The quantitative estimate of drug-likeness (QED) is 0.665. The number of nitrogens with zero attached hydrogens (tertiary/aromatic N) is 3. The van der Waals surface area contributed by atoms with Gasteiger partial charge in [-0.25, -0.2) is 0 Å². The van der Waals surface area contributed by atoms with E-state index in [1.165, 1.54) is 18.2 Å². The van der Waals surface area contributed by atoms with Gasteiger partial charge in [-0.2, -0.15) is 5.26 Å². The van der Waals surface area contributed by atoms with Gasteiger partial charge in [0.05, 0.1) is 21.6 Å². The number of carboxylic acid groups (broad SMARTS) is 1. The zero-order valence-electron chi connectivity index (χ0n) is 10.9. The molecule has 1 aromatic carbocycles. The molecule has 1 aliphatic heterocycles. The van der Waals surface area contributed by atoms with E-state index in [1.54, 1.807) is 11.8 Å². The fourth-order valence-corrected chi connectivity index (χ4v) is 2.34. The van der Waals surface area contributed by atoms with Gasteiger partial charge in [0.2, 0.25) is 0 Å². The summed E-state index contributed by atoms with van der Waals surface area (Å²) in [6.07, 6.45) is 0.476. The Morgan fingerprint density at radius 3 is 2.80 bits per heavy atom. The van der Waals surface area contributed by atoms with Crippen molar-refractivity contribution in [2.45, 2.75) is 13.3 Å². The molecule has 0 bridgehead atoms. The van der Waals surface area contributed by atoms with E-state index in [0.29, 0.717) is 18.7 Å². The minimum atomic E-state index is -0.875. The van der Waals surface area contributed by atoms with Gasteiger partial charge in [-0.15, -0.1) is 0 Å². The number of non-ortho nitro benzene ring substituents is 1. The van der Waals surface area contributed by atoms with Crippen LogP contribution in [0.1, 0.15) is 18.9 Å². The van der Waals surface area contributed by atoms with Gasteiger partial charge in [0.15, 0.2) is 0 Å². The highest BCUT2D eigenvalue weighted by Gasteiger charge is 2.41. The summed E-state index contributed by atoms with van der Waals surface area (Å²) < 4.78 is 0. The third-order valence-electron chi connectivity index (χ3n) is 3.64. The van der Waals surface area contributed by atoms with Crippen LogP contribution in [0.4, 0.5) is 11.4 Å². The molecule has 7 nitrogen and oxygen atoms in total. The molecule has 0 saturated carbocycles. The summed E-state index contributed by atoms with van der Waals surface area (Å²) in [5, 5.41) is 29.0. The number of carboxylic acids is 1. The largest absolute Gasteiger partial charge is 0.481 e. The van der Waals surface area contributed by atoms with Crippen molar-refractivity contribution in [2.75, 3.05) is 18.0 Å². The van der Waals surface area contributed by atoms with Gasteiger partial charge in [-0.1, -0.05) is 0 Å². The lowest BCUT2D eigenvalue weighted by Gasteiger charge is -2.22. The van der Waals surface area contributed by atoms with Crippen molar-refractivity contribution in [2.24, 2.45) is 5.41 Å². The first-order chi connectivity index (χ1) is 9.37. The Morgan fingerprint density at radius 2 is 2.30 bits per heavy atom. The molecule has 0 amide bonds. The number of rotatable bonds is 3. The first-order valence-electron chi connectivity index (χ1n) is 6.04. The highest BCUT2D eigenvalue weighted by atomic mass is 16.6. The Hall–Kier alpha value is -2.62. The van der Waals surface area contributed by atoms with Crippen molar-refractivity contribution in [3.05, 3.63) is 33.9 Å². The van der Waals surface area contributed by atoms with Crippen LogP contribution in [-0.2, 0) is 4.79 Å². The molecule has 20 heavy (non-hydrogen) atoms. The summed E-state index contributed by atoms with van der Waals surface area (Å²) in [7, 11) is 0. The predicted octanol–water partition coefficient (Wildman–Crippen LogP) is 1.77. The highest BCUT2D eigenvalue weighted by Crippen LogP contribution is 2.35. The molecule has 1 unspecified atom stereocenters. The number of aliphatic carboxylic acids is 1. The fraction of sp³-hybridized carbons (Fsp3) is 0.385.